The predicted octanol–water partition coefficient (Wildman–Crippen LogP) is 3.17. The molecule has 1 heterocycles. The normalized spacial score (nSPS) is 13.5. The highest BCUT2D eigenvalue weighted by Crippen LogP contribution is 2.30. The number of benzene rings is 2. The van der Waals surface area contributed by atoms with Crippen LogP contribution in [0.25, 0.3) is 0 Å². The number of rotatable bonds is 1. The molecule has 1 aliphatic heterocycles. The van der Waals surface area contributed by atoms with Crippen molar-refractivity contribution in [3.05, 3.63) is 65.2 Å². The van der Waals surface area contributed by atoms with Gasteiger partial charge in [0, 0.05) is 12.2 Å². The second kappa shape index (κ2) is 4.46. The van der Waals surface area contributed by atoms with E-state index in [9.17, 15) is 13.6 Å². The average Bonchev–Trinajstić information content (AvgIpc) is 2.81. The molecule has 0 aromatic heterocycles. The minimum absolute atomic E-state index is 0.0414. The molecule has 0 aliphatic carbocycles. The summed E-state index contributed by atoms with van der Waals surface area (Å²) >= 11 is 0. The van der Waals surface area contributed by atoms with E-state index in [-0.39, 0.29) is 17.3 Å². The first kappa shape index (κ1) is 11.8. The molecule has 0 saturated carbocycles. The third-order valence-corrected chi connectivity index (χ3v) is 3.29. The SMILES string of the molecule is O=C(c1ccccc1F)N1CCc2cc(F)ccc21. The maximum Gasteiger partial charge on any atom is 0.261 e. The van der Waals surface area contributed by atoms with Crippen LogP contribution in [0.4, 0.5) is 14.5 Å². The van der Waals surface area contributed by atoms with E-state index in [0.29, 0.717) is 18.7 Å². The quantitative estimate of drug-likeness (QED) is 0.770. The first-order valence-electron chi connectivity index (χ1n) is 6.01. The van der Waals surface area contributed by atoms with Crippen molar-refractivity contribution in [1.82, 2.24) is 0 Å². The van der Waals surface area contributed by atoms with Crippen molar-refractivity contribution in [2.24, 2.45) is 0 Å². The Labute approximate surface area is 109 Å². The molecule has 0 atom stereocenters. The van der Waals surface area contributed by atoms with Gasteiger partial charge in [-0.25, -0.2) is 8.78 Å². The van der Waals surface area contributed by atoms with Gasteiger partial charge < -0.3 is 4.90 Å². The van der Waals surface area contributed by atoms with Gasteiger partial charge >= 0.3 is 0 Å². The zero-order chi connectivity index (χ0) is 13.4. The van der Waals surface area contributed by atoms with Gasteiger partial charge in [0.1, 0.15) is 11.6 Å². The molecule has 0 unspecified atom stereocenters. The lowest BCUT2D eigenvalue weighted by atomic mass is 10.1. The number of hydrogen-bond acceptors (Lipinski definition) is 1. The Balaban J connectivity index is 1.98. The van der Waals surface area contributed by atoms with Crippen molar-refractivity contribution >= 4 is 11.6 Å². The molecule has 0 N–H and O–H groups in total. The van der Waals surface area contributed by atoms with Gasteiger partial charge in [0.15, 0.2) is 0 Å². The molecule has 0 radical (unpaired) electrons. The number of nitrogens with zero attached hydrogens (tertiary/aromatic N) is 1. The van der Waals surface area contributed by atoms with Gasteiger partial charge in [-0.15, -0.1) is 0 Å². The lowest BCUT2D eigenvalue weighted by Gasteiger charge is -2.17. The number of carbonyl (C=O) groups excluding carboxylic acids is 1. The maximum atomic E-state index is 13.6. The summed E-state index contributed by atoms with van der Waals surface area (Å²) in [5.41, 5.74) is 1.49. The zero-order valence-corrected chi connectivity index (χ0v) is 10.1. The molecule has 2 aromatic rings. The highest BCUT2D eigenvalue weighted by atomic mass is 19.1. The van der Waals surface area contributed by atoms with Gasteiger partial charge in [0.05, 0.1) is 5.56 Å². The van der Waals surface area contributed by atoms with Gasteiger partial charge in [0.25, 0.3) is 5.91 Å². The molecule has 4 heteroatoms. The molecule has 1 amide bonds. The minimum atomic E-state index is -0.539. The molecule has 1 aliphatic rings. The van der Waals surface area contributed by atoms with E-state index >= 15 is 0 Å². The summed E-state index contributed by atoms with van der Waals surface area (Å²) < 4.78 is 26.7. The fourth-order valence-electron chi connectivity index (χ4n) is 2.36. The standard InChI is InChI=1S/C15H11F2NO/c16-11-5-6-14-10(9-11)7-8-18(14)15(19)12-3-1-2-4-13(12)17/h1-6,9H,7-8H2. The van der Waals surface area contributed by atoms with Crippen molar-refractivity contribution in [3.63, 3.8) is 0 Å². The number of hydrogen-bond donors (Lipinski definition) is 0. The van der Waals surface area contributed by atoms with Gasteiger partial charge in [-0.1, -0.05) is 12.1 Å². The van der Waals surface area contributed by atoms with E-state index in [2.05, 4.69) is 0 Å². The Morgan fingerprint density at radius 1 is 1.11 bits per heavy atom. The summed E-state index contributed by atoms with van der Waals surface area (Å²) in [6, 6.07) is 10.2. The van der Waals surface area contributed by atoms with Crippen LogP contribution in [0, 0.1) is 11.6 Å². The zero-order valence-electron chi connectivity index (χ0n) is 10.1. The van der Waals surface area contributed by atoms with Crippen LogP contribution in [-0.2, 0) is 6.42 Å². The minimum Gasteiger partial charge on any atom is -0.308 e. The van der Waals surface area contributed by atoms with E-state index in [1.54, 1.807) is 18.2 Å². The van der Waals surface area contributed by atoms with E-state index < -0.39 is 5.82 Å². The van der Waals surface area contributed by atoms with Gasteiger partial charge in [-0.05, 0) is 42.3 Å². The molecule has 96 valence electrons. The van der Waals surface area contributed by atoms with Crippen molar-refractivity contribution in [2.45, 2.75) is 6.42 Å². The topological polar surface area (TPSA) is 20.3 Å². The Morgan fingerprint density at radius 2 is 1.89 bits per heavy atom. The Bertz CT molecular complexity index is 654. The van der Waals surface area contributed by atoms with Gasteiger partial charge in [-0.2, -0.15) is 0 Å². The monoisotopic (exact) mass is 259 g/mol. The first-order chi connectivity index (χ1) is 9.16. The van der Waals surface area contributed by atoms with Crippen LogP contribution in [0.1, 0.15) is 15.9 Å². The maximum absolute atomic E-state index is 13.6. The van der Waals surface area contributed by atoms with Crippen LogP contribution in [-0.4, -0.2) is 12.5 Å². The van der Waals surface area contributed by atoms with Crippen LogP contribution in [0.2, 0.25) is 0 Å². The number of anilines is 1. The van der Waals surface area contributed by atoms with Crippen LogP contribution < -0.4 is 4.90 Å². The van der Waals surface area contributed by atoms with Crippen molar-refractivity contribution in [3.8, 4) is 0 Å². The third-order valence-electron chi connectivity index (χ3n) is 3.29. The summed E-state index contributed by atoms with van der Waals surface area (Å²) in [5.74, 6) is -1.24. The smallest absolute Gasteiger partial charge is 0.261 e. The second-order valence-electron chi connectivity index (χ2n) is 4.46. The number of carbonyl (C=O) groups is 1. The predicted molar refractivity (Wildman–Crippen MR) is 68.2 cm³/mol. The van der Waals surface area contributed by atoms with Gasteiger partial charge in [0.2, 0.25) is 0 Å². The van der Waals surface area contributed by atoms with E-state index in [1.807, 2.05) is 0 Å². The lowest BCUT2D eigenvalue weighted by Crippen LogP contribution is -2.29. The van der Waals surface area contributed by atoms with Crippen LogP contribution >= 0.6 is 0 Å². The van der Waals surface area contributed by atoms with Crippen LogP contribution in [0.15, 0.2) is 42.5 Å². The van der Waals surface area contributed by atoms with Crippen molar-refractivity contribution in [1.29, 1.82) is 0 Å². The molecular formula is C15H11F2NO. The summed E-state index contributed by atoms with van der Waals surface area (Å²) in [4.78, 5) is 13.8. The molecule has 19 heavy (non-hydrogen) atoms. The lowest BCUT2D eigenvalue weighted by molar-refractivity contribution is 0.0985. The third kappa shape index (κ3) is 1.99. The summed E-state index contributed by atoms with van der Waals surface area (Å²) in [6.07, 6.45) is 0.591. The van der Waals surface area contributed by atoms with Gasteiger partial charge in [-0.3, -0.25) is 4.79 Å². The average molecular weight is 259 g/mol. The highest BCUT2D eigenvalue weighted by molar-refractivity contribution is 6.07. The highest BCUT2D eigenvalue weighted by Gasteiger charge is 2.27. The first-order valence-corrected chi connectivity index (χ1v) is 6.01. The number of amides is 1. The summed E-state index contributed by atoms with van der Waals surface area (Å²) in [5, 5.41) is 0. The summed E-state index contributed by atoms with van der Waals surface area (Å²) in [7, 11) is 0. The Morgan fingerprint density at radius 3 is 2.68 bits per heavy atom. The van der Waals surface area contributed by atoms with E-state index in [1.165, 1.54) is 29.2 Å². The summed E-state index contributed by atoms with van der Waals surface area (Å²) in [6.45, 7) is 0.450. The Kier molecular flexibility index (Phi) is 2.78. The van der Waals surface area contributed by atoms with Crippen molar-refractivity contribution < 1.29 is 13.6 Å². The van der Waals surface area contributed by atoms with E-state index in [0.717, 1.165) is 5.56 Å². The number of fused-ring (bicyclic) bond motifs is 1. The fraction of sp³-hybridized carbons (Fsp3) is 0.133. The largest absolute Gasteiger partial charge is 0.308 e. The van der Waals surface area contributed by atoms with Crippen LogP contribution in [0.5, 0.6) is 0 Å². The molecule has 3 rings (SSSR count). The molecule has 0 spiro atoms. The van der Waals surface area contributed by atoms with Crippen molar-refractivity contribution in [2.75, 3.05) is 11.4 Å². The van der Waals surface area contributed by atoms with Crippen LogP contribution in [0.3, 0.4) is 0 Å². The molecule has 0 saturated heterocycles. The fourth-order valence-corrected chi connectivity index (χ4v) is 2.36. The molecular weight excluding hydrogens is 248 g/mol. The molecule has 2 aromatic carbocycles. The second-order valence-corrected chi connectivity index (χ2v) is 4.46. The molecule has 0 bridgehead atoms. The molecule has 0 fully saturated rings. The number of halogens is 2. The Hall–Kier alpha value is -2.23. The molecule has 2 nitrogen and oxygen atoms in total. The van der Waals surface area contributed by atoms with E-state index in [4.69, 9.17) is 0 Å².